The summed E-state index contributed by atoms with van der Waals surface area (Å²) in [5.41, 5.74) is 12.0. The van der Waals surface area contributed by atoms with Crippen LogP contribution in [0.25, 0.3) is 0 Å². The Bertz CT molecular complexity index is 635. The van der Waals surface area contributed by atoms with Gasteiger partial charge >= 0.3 is 0 Å². The maximum absolute atomic E-state index is 6.27. The van der Waals surface area contributed by atoms with Gasteiger partial charge in [-0.2, -0.15) is 0 Å². The number of hydrogen-bond acceptors (Lipinski definition) is 2. The zero-order chi connectivity index (χ0) is 13.5. The average molecular weight is 264 g/mol. The summed E-state index contributed by atoms with van der Waals surface area (Å²) < 4.78 is 0. The predicted molar refractivity (Wildman–Crippen MR) is 81.4 cm³/mol. The molecule has 2 aromatic rings. The predicted octanol–water partition coefficient (Wildman–Crippen LogP) is 3.41. The summed E-state index contributed by atoms with van der Waals surface area (Å²) in [6.07, 6.45) is 3.40. The Kier molecular flexibility index (Phi) is 2.86. The first-order valence-corrected chi connectivity index (χ1v) is 7.51. The van der Waals surface area contributed by atoms with E-state index >= 15 is 0 Å². The summed E-state index contributed by atoms with van der Waals surface area (Å²) in [6.45, 7) is 0. The molecule has 3 unspecified atom stereocenters. The van der Waals surface area contributed by atoms with Crippen LogP contribution in [0.5, 0.6) is 0 Å². The van der Waals surface area contributed by atoms with Crippen LogP contribution in [-0.2, 0) is 6.42 Å². The highest BCUT2D eigenvalue weighted by Gasteiger charge is 2.31. The normalized spacial score (nSPS) is 27.4. The van der Waals surface area contributed by atoms with Crippen molar-refractivity contribution >= 4 is 0 Å². The fourth-order valence-corrected chi connectivity index (χ4v) is 3.80. The summed E-state index contributed by atoms with van der Waals surface area (Å²) in [5, 5.41) is 3.84. The quantitative estimate of drug-likeness (QED) is 0.872. The summed E-state index contributed by atoms with van der Waals surface area (Å²) >= 11 is 0. The molecule has 20 heavy (non-hydrogen) atoms. The molecular weight excluding hydrogens is 244 g/mol. The average Bonchev–Trinajstić information content (AvgIpc) is 3.03. The van der Waals surface area contributed by atoms with Gasteiger partial charge in [-0.1, -0.05) is 48.5 Å². The maximum atomic E-state index is 6.27. The minimum atomic E-state index is 0.181. The van der Waals surface area contributed by atoms with Crippen molar-refractivity contribution in [2.24, 2.45) is 5.73 Å². The van der Waals surface area contributed by atoms with E-state index < -0.39 is 0 Å². The highest BCUT2D eigenvalue weighted by molar-refractivity contribution is 5.39. The van der Waals surface area contributed by atoms with Crippen molar-refractivity contribution in [2.75, 3.05) is 0 Å². The first-order valence-electron chi connectivity index (χ1n) is 7.51. The molecule has 2 aromatic carbocycles. The van der Waals surface area contributed by atoms with Crippen LogP contribution < -0.4 is 11.1 Å². The van der Waals surface area contributed by atoms with Gasteiger partial charge in [0.2, 0.25) is 0 Å². The first kappa shape index (κ1) is 12.1. The van der Waals surface area contributed by atoms with Gasteiger partial charge in [-0.15, -0.1) is 0 Å². The molecule has 0 aromatic heterocycles. The summed E-state index contributed by atoms with van der Waals surface area (Å²) in [4.78, 5) is 0. The zero-order valence-corrected chi connectivity index (χ0v) is 11.5. The van der Waals surface area contributed by atoms with Crippen molar-refractivity contribution in [3.8, 4) is 0 Å². The molecule has 0 amide bonds. The minimum Gasteiger partial charge on any atom is -0.324 e. The van der Waals surface area contributed by atoms with Gasteiger partial charge in [0.25, 0.3) is 0 Å². The van der Waals surface area contributed by atoms with Gasteiger partial charge in [0.05, 0.1) is 0 Å². The molecule has 0 radical (unpaired) electrons. The van der Waals surface area contributed by atoms with E-state index in [2.05, 4.69) is 53.8 Å². The third-order valence-corrected chi connectivity index (χ3v) is 4.80. The molecule has 2 nitrogen and oxygen atoms in total. The van der Waals surface area contributed by atoms with Crippen LogP contribution in [0.2, 0.25) is 0 Å². The third kappa shape index (κ3) is 1.88. The van der Waals surface area contributed by atoms with Gasteiger partial charge in [0.15, 0.2) is 0 Å². The van der Waals surface area contributed by atoms with Crippen molar-refractivity contribution in [1.29, 1.82) is 0 Å². The molecule has 2 heteroatoms. The number of nitrogens with two attached hydrogens (primary N) is 1. The zero-order valence-electron chi connectivity index (χ0n) is 11.5. The highest BCUT2D eigenvalue weighted by atomic mass is 15.0. The van der Waals surface area contributed by atoms with E-state index in [1.54, 1.807) is 0 Å². The van der Waals surface area contributed by atoms with Crippen LogP contribution >= 0.6 is 0 Å². The molecule has 3 atom stereocenters. The van der Waals surface area contributed by atoms with Crippen LogP contribution in [0.1, 0.15) is 53.2 Å². The highest BCUT2D eigenvalue weighted by Crippen LogP contribution is 2.40. The van der Waals surface area contributed by atoms with Gasteiger partial charge in [-0.3, -0.25) is 0 Å². The fourth-order valence-electron chi connectivity index (χ4n) is 3.80. The molecule has 0 saturated carbocycles. The second-order valence-electron chi connectivity index (χ2n) is 5.98. The number of hydrogen-bond donors (Lipinski definition) is 2. The fraction of sp³-hybridized carbons (Fsp3) is 0.333. The Morgan fingerprint density at radius 2 is 1.55 bits per heavy atom. The largest absolute Gasteiger partial charge is 0.324 e. The number of fused-ring (bicyclic) bond motifs is 2. The molecule has 3 N–H and O–H groups in total. The number of benzene rings is 2. The topological polar surface area (TPSA) is 38.0 Å². The second kappa shape index (κ2) is 4.72. The SMILES string of the molecule is NC1CC(NC2CCc3ccccc32)c2ccccc21. The van der Waals surface area contributed by atoms with Gasteiger partial charge < -0.3 is 11.1 Å². The van der Waals surface area contributed by atoms with E-state index in [4.69, 9.17) is 5.73 Å². The Labute approximate surface area is 120 Å². The summed E-state index contributed by atoms with van der Waals surface area (Å²) in [6, 6.07) is 18.5. The van der Waals surface area contributed by atoms with Crippen molar-refractivity contribution < 1.29 is 0 Å². The van der Waals surface area contributed by atoms with Crippen LogP contribution in [0.3, 0.4) is 0 Å². The molecule has 2 aliphatic rings. The smallest absolute Gasteiger partial charge is 0.0347 e. The second-order valence-corrected chi connectivity index (χ2v) is 5.98. The lowest BCUT2D eigenvalue weighted by Crippen LogP contribution is -2.24. The molecular formula is C18H20N2. The third-order valence-electron chi connectivity index (χ3n) is 4.80. The van der Waals surface area contributed by atoms with Gasteiger partial charge in [0.1, 0.15) is 0 Å². The molecule has 0 bridgehead atoms. The van der Waals surface area contributed by atoms with E-state index in [9.17, 15) is 0 Å². The Morgan fingerprint density at radius 3 is 2.40 bits per heavy atom. The van der Waals surface area contributed by atoms with E-state index in [-0.39, 0.29) is 6.04 Å². The molecule has 0 aliphatic heterocycles. The molecule has 0 heterocycles. The maximum Gasteiger partial charge on any atom is 0.0347 e. The number of rotatable bonds is 2. The standard InChI is InChI=1S/C18H20N2/c19-16-11-18(15-8-4-3-7-14(15)16)20-17-10-9-12-5-1-2-6-13(12)17/h1-8,16-18,20H,9-11,19H2. The van der Waals surface area contributed by atoms with E-state index in [1.165, 1.54) is 35.1 Å². The lowest BCUT2D eigenvalue weighted by molar-refractivity contribution is 0.425. The van der Waals surface area contributed by atoms with Crippen molar-refractivity contribution in [3.05, 3.63) is 70.8 Å². The lowest BCUT2D eigenvalue weighted by Gasteiger charge is -2.21. The van der Waals surface area contributed by atoms with E-state index in [0.717, 1.165) is 6.42 Å². The van der Waals surface area contributed by atoms with Gasteiger partial charge in [-0.25, -0.2) is 0 Å². The molecule has 0 fully saturated rings. The molecule has 0 spiro atoms. The Balaban J connectivity index is 1.60. The minimum absolute atomic E-state index is 0.181. The van der Waals surface area contributed by atoms with Gasteiger partial charge in [0, 0.05) is 18.1 Å². The molecule has 2 aliphatic carbocycles. The van der Waals surface area contributed by atoms with E-state index in [1.807, 2.05) is 0 Å². The first-order chi connectivity index (χ1) is 9.83. The monoisotopic (exact) mass is 264 g/mol. The van der Waals surface area contributed by atoms with Gasteiger partial charge in [-0.05, 0) is 41.5 Å². The number of aryl methyl sites for hydroxylation is 1. The summed E-state index contributed by atoms with van der Waals surface area (Å²) in [5.74, 6) is 0. The number of nitrogens with one attached hydrogen (secondary N) is 1. The van der Waals surface area contributed by atoms with Crippen LogP contribution in [0, 0.1) is 0 Å². The Morgan fingerprint density at radius 1 is 0.850 bits per heavy atom. The molecule has 0 saturated heterocycles. The van der Waals surface area contributed by atoms with Crippen LogP contribution in [0.4, 0.5) is 0 Å². The van der Waals surface area contributed by atoms with E-state index in [0.29, 0.717) is 12.1 Å². The lowest BCUT2D eigenvalue weighted by atomic mass is 10.0. The van der Waals surface area contributed by atoms with Crippen LogP contribution in [-0.4, -0.2) is 0 Å². The Hall–Kier alpha value is -1.64. The molecule has 102 valence electrons. The van der Waals surface area contributed by atoms with Crippen molar-refractivity contribution in [3.63, 3.8) is 0 Å². The van der Waals surface area contributed by atoms with Crippen molar-refractivity contribution in [1.82, 2.24) is 5.32 Å². The van der Waals surface area contributed by atoms with Crippen molar-refractivity contribution in [2.45, 2.75) is 37.4 Å². The summed E-state index contributed by atoms with van der Waals surface area (Å²) in [7, 11) is 0. The van der Waals surface area contributed by atoms with Crippen LogP contribution in [0.15, 0.2) is 48.5 Å². The molecule has 4 rings (SSSR count).